The second kappa shape index (κ2) is 6.94. The van der Waals surface area contributed by atoms with Gasteiger partial charge in [0, 0.05) is 54.4 Å². The van der Waals surface area contributed by atoms with Crippen molar-refractivity contribution in [3.63, 3.8) is 0 Å². The molecule has 0 saturated heterocycles. The molecule has 5 rings (SSSR count). The average molecular weight is 417 g/mol. The van der Waals surface area contributed by atoms with Crippen LogP contribution in [0.5, 0.6) is 0 Å². The molecule has 1 aliphatic heterocycles. The van der Waals surface area contributed by atoms with Crippen LogP contribution in [-0.4, -0.2) is 50.2 Å². The fourth-order valence-corrected chi connectivity index (χ4v) is 4.54. The lowest BCUT2D eigenvalue weighted by atomic mass is 10.0. The molecule has 0 spiro atoms. The number of hydrogen-bond acceptors (Lipinski definition) is 5. The predicted octanol–water partition coefficient (Wildman–Crippen LogP) is 3.05. The number of aromatic amines is 1. The van der Waals surface area contributed by atoms with Gasteiger partial charge in [-0.3, -0.25) is 9.48 Å². The highest BCUT2D eigenvalue weighted by atomic mass is 16.5. The summed E-state index contributed by atoms with van der Waals surface area (Å²) in [4.78, 5) is 35.4. The third-order valence-corrected chi connectivity index (χ3v) is 6.01. The highest BCUT2D eigenvalue weighted by Gasteiger charge is 2.28. The van der Waals surface area contributed by atoms with Crippen molar-refractivity contribution in [1.82, 2.24) is 24.6 Å². The smallest absolute Gasteiger partial charge is 0.337 e. The van der Waals surface area contributed by atoms with Crippen LogP contribution in [0.25, 0.3) is 21.9 Å². The van der Waals surface area contributed by atoms with Crippen LogP contribution in [-0.2, 0) is 24.8 Å². The van der Waals surface area contributed by atoms with E-state index < -0.39 is 0 Å². The number of ether oxygens (including phenoxy) is 1. The number of rotatable bonds is 2. The zero-order chi connectivity index (χ0) is 21.9. The molecule has 1 aromatic carbocycles. The Morgan fingerprint density at radius 1 is 1.19 bits per heavy atom. The Morgan fingerprint density at radius 2 is 2.00 bits per heavy atom. The van der Waals surface area contributed by atoms with Gasteiger partial charge in [0.1, 0.15) is 0 Å². The third-order valence-electron chi connectivity index (χ3n) is 6.01. The monoisotopic (exact) mass is 417 g/mol. The Bertz CT molecular complexity index is 1380. The normalized spacial score (nSPS) is 13.6. The van der Waals surface area contributed by atoms with Gasteiger partial charge in [0.2, 0.25) is 0 Å². The van der Waals surface area contributed by atoms with Gasteiger partial charge in [-0.05, 0) is 38.1 Å². The van der Waals surface area contributed by atoms with Gasteiger partial charge in [-0.15, -0.1) is 0 Å². The number of amides is 1. The summed E-state index contributed by atoms with van der Waals surface area (Å²) in [5.74, 6) is -0.405. The molecule has 8 heteroatoms. The number of methoxy groups -OCH3 is 1. The lowest BCUT2D eigenvalue weighted by Crippen LogP contribution is -2.36. The summed E-state index contributed by atoms with van der Waals surface area (Å²) in [6.45, 7) is 4.88. The topological polar surface area (TPSA) is 93.1 Å². The molecule has 0 saturated carbocycles. The van der Waals surface area contributed by atoms with Crippen molar-refractivity contribution in [2.75, 3.05) is 13.7 Å². The van der Waals surface area contributed by atoms with Crippen LogP contribution >= 0.6 is 0 Å². The summed E-state index contributed by atoms with van der Waals surface area (Å²) in [5.41, 5.74) is 6.53. The fourth-order valence-electron chi connectivity index (χ4n) is 4.54. The van der Waals surface area contributed by atoms with E-state index in [2.05, 4.69) is 15.1 Å². The van der Waals surface area contributed by atoms with Crippen LogP contribution in [0.15, 0.2) is 24.3 Å². The molecular formula is C23H23N5O3. The van der Waals surface area contributed by atoms with Crippen LogP contribution in [0.2, 0.25) is 0 Å². The van der Waals surface area contributed by atoms with Crippen molar-refractivity contribution >= 4 is 33.8 Å². The van der Waals surface area contributed by atoms with E-state index in [1.165, 1.54) is 7.11 Å². The summed E-state index contributed by atoms with van der Waals surface area (Å²) in [6, 6.07) is 7.32. The SMILES string of the molecule is COC(=O)c1ccc2[nH]c3c(c2c1)CN(C(=O)c1cc(C)nc2c1c(C)nn2C)CC3. The van der Waals surface area contributed by atoms with Crippen molar-refractivity contribution in [2.45, 2.75) is 26.8 Å². The number of pyridine rings is 1. The van der Waals surface area contributed by atoms with Crippen molar-refractivity contribution < 1.29 is 14.3 Å². The highest BCUT2D eigenvalue weighted by Crippen LogP contribution is 2.31. The predicted molar refractivity (Wildman–Crippen MR) is 116 cm³/mol. The van der Waals surface area contributed by atoms with Crippen molar-refractivity contribution in [3.8, 4) is 0 Å². The number of H-pyrrole nitrogens is 1. The second-order valence-electron chi connectivity index (χ2n) is 8.03. The lowest BCUT2D eigenvalue weighted by Gasteiger charge is -2.27. The van der Waals surface area contributed by atoms with Gasteiger partial charge in [0.15, 0.2) is 5.65 Å². The van der Waals surface area contributed by atoms with E-state index in [9.17, 15) is 9.59 Å². The zero-order valence-electron chi connectivity index (χ0n) is 17.9. The molecule has 1 aliphatic rings. The lowest BCUT2D eigenvalue weighted by molar-refractivity contribution is 0.0600. The maximum Gasteiger partial charge on any atom is 0.337 e. The van der Waals surface area contributed by atoms with E-state index >= 15 is 0 Å². The second-order valence-corrected chi connectivity index (χ2v) is 8.03. The van der Waals surface area contributed by atoms with E-state index in [-0.39, 0.29) is 11.9 Å². The first-order valence-electron chi connectivity index (χ1n) is 10.2. The maximum absolute atomic E-state index is 13.6. The Morgan fingerprint density at radius 3 is 2.77 bits per heavy atom. The highest BCUT2D eigenvalue weighted by molar-refractivity contribution is 6.07. The number of carbonyl (C=O) groups excluding carboxylic acids is 2. The molecule has 4 heterocycles. The van der Waals surface area contributed by atoms with E-state index in [1.54, 1.807) is 10.7 Å². The number of nitrogens with zero attached hydrogens (tertiary/aromatic N) is 4. The molecule has 31 heavy (non-hydrogen) atoms. The quantitative estimate of drug-likeness (QED) is 0.506. The molecule has 1 amide bonds. The van der Waals surface area contributed by atoms with Gasteiger partial charge in [0.25, 0.3) is 5.91 Å². The minimum atomic E-state index is -0.373. The molecule has 4 aromatic rings. The Labute approximate surface area is 178 Å². The number of carbonyl (C=O) groups is 2. The standard InChI is InChI=1S/C23H23N5O3/c1-12-9-16(20-13(2)26-27(3)21(20)24-12)22(29)28-8-7-19-17(11-28)15-10-14(23(30)31-4)5-6-18(15)25-19/h5-6,9-10,25H,7-8,11H2,1-4H3. The number of hydrogen-bond donors (Lipinski definition) is 1. The minimum Gasteiger partial charge on any atom is -0.465 e. The summed E-state index contributed by atoms with van der Waals surface area (Å²) >= 11 is 0. The Balaban J connectivity index is 1.56. The fraction of sp³-hybridized carbons (Fsp3) is 0.304. The summed E-state index contributed by atoms with van der Waals surface area (Å²) in [6.07, 6.45) is 0.725. The van der Waals surface area contributed by atoms with E-state index in [1.807, 2.05) is 44.0 Å². The molecular weight excluding hydrogens is 394 g/mol. The number of esters is 1. The van der Waals surface area contributed by atoms with Crippen LogP contribution in [0.1, 0.15) is 43.4 Å². The van der Waals surface area contributed by atoms with E-state index in [4.69, 9.17) is 4.74 Å². The molecule has 0 unspecified atom stereocenters. The summed E-state index contributed by atoms with van der Waals surface area (Å²) in [7, 11) is 3.21. The minimum absolute atomic E-state index is 0.0317. The average Bonchev–Trinajstić information content (AvgIpc) is 3.27. The van der Waals surface area contributed by atoms with Gasteiger partial charge in [-0.2, -0.15) is 5.10 Å². The molecule has 0 bridgehead atoms. The third kappa shape index (κ3) is 2.98. The van der Waals surface area contributed by atoms with Gasteiger partial charge in [-0.1, -0.05) is 0 Å². The maximum atomic E-state index is 13.6. The molecule has 3 aromatic heterocycles. The molecule has 0 fully saturated rings. The summed E-state index contributed by atoms with van der Waals surface area (Å²) < 4.78 is 6.58. The molecule has 0 aliphatic carbocycles. The van der Waals surface area contributed by atoms with Crippen LogP contribution in [0, 0.1) is 13.8 Å². The largest absolute Gasteiger partial charge is 0.465 e. The van der Waals surface area contributed by atoms with Gasteiger partial charge < -0.3 is 14.6 Å². The van der Waals surface area contributed by atoms with Crippen LogP contribution in [0.3, 0.4) is 0 Å². The molecule has 8 nitrogen and oxygen atoms in total. The first-order valence-corrected chi connectivity index (χ1v) is 10.2. The van der Waals surface area contributed by atoms with Crippen LogP contribution in [0.4, 0.5) is 0 Å². The first kappa shape index (κ1) is 19.3. The van der Waals surface area contributed by atoms with Crippen molar-refractivity contribution in [2.24, 2.45) is 7.05 Å². The van der Waals surface area contributed by atoms with Gasteiger partial charge in [-0.25, -0.2) is 9.78 Å². The van der Waals surface area contributed by atoms with Gasteiger partial charge >= 0.3 is 5.97 Å². The Hall–Kier alpha value is -3.68. The first-order chi connectivity index (χ1) is 14.9. The molecule has 0 radical (unpaired) electrons. The van der Waals surface area contributed by atoms with Gasteiger partial charge in [0.05, 0.1) is 29.3 Å². The molecule has 0 atom stereocenters. The zero-order valence-corrected chi connectivity index (χ0v) is 17.9. The number of aryl methyl sites for hydroxylation is 3. The Kier molecular flexibility index (Phi) is 4.32. The van der Waals surface area contributed by atoms with Crippen LogP contribution < -0.4 is 0 Å². The number of aromatic nitrogens is 4. The van der Waals surface area contributed by atoms with Crippen molar-refractivity contribution in [3.05, 3.63) is 58.0 Å². The number of benzene rings is 1. The van der Waals surface area contributed by atoms with E-state index in [0.29, 0.717) is 29.9 Å². The molecule has 1 N–H and O–H groups in total. The van der Waals surface area contributed by atoms with E-state index in [0.717, 1.165) is 45.4 Å². The summed E-state index contributed by atoms with van der Waals surface area (Å²) in [5, 5.41) is 6.21. The van der Waals surface area contributed by atoms with Crippen molar-refractivity contribution in [1.29, 1.82) is 0 Å². The number of fused-ring (bicyclic) bond motifs is 4. The number of nitrogens with one attached hydrogen (secondary N) is 1. The molecule has 158 valence electrons.